The van der Waals surface area contributed by atoms with Crippen LogP contribution in [0.25, 0.3) is 0 Å². The van der Waals surface area contributed by atoms with E-state index in [4.69, 9.17) is 9.47 Å². The van der Waals surface area contributed by atoms with E-state index < -0.39 is 36.2 Å². The number of nitrogens with zero attached hydrogens (tertiary/aromatic N) is 1. The standard InChI is InChI=1S/C32H27NO7/c1-19-10-12-22(13-11-19)31(37)40-23-16-14-21(15-17-23)27(34)18-39-32(38)24-7-3-4-9-26(24)33-29(35)25-8-5-6-20(2)28(25)30(33)36/h3-7,9-17,20,25,28H,8,18H2,1-2H3. The van der Waals surface area contributed by atoms with Gasteiger partial charge in [-0.1, -0.05) is 48.9 Å². The molecule has 3 aromatic carbocycles. The van der Waals surface area contributed by atoms with E-state index in [0.29, 0.717) is 12.0 Å². The number of para-hydroxylation sites is 1. The normalized spacial score (nSPS) is 19.8. The molecule has 1 fully saturated rings. The molecule has 8 nitrogen and oxygen atoms in total. The van der Waals surface area contributed by atoms with Crippen molar-refractivity contribution in [2.45, 2.75) is 20.3 Å². The lowest BCUT2D eigenvalue weighted by atomic mass is 9.78. The quantitative estimate of drug-likeness (QED) is 0.138. The van der Waals surface area contributed by atoms with Crippen molar-refractivity contribution >= 4 is 35.2 Å². The summed E-state index contributed by atoms with van der Waals surface area (Å²) in [5.41, 5.74) is 1.85. The molecule has 3 aromatic rings. The van der Waals surface area contributed by atoms with Crippen molar-refractivity contribution in [2.24, 2.45) is 17.8 Å². The summed E-state index contributed by atoms with van der Waals surface area (Å²) in [6, 6.07) is 19.1. The van der Waals surface area contributed by atoms with Crippen molar-refractivity contribution in [3.8, 4) is 5.75 Å². The van der Waals surface area contributed by atoms with Gasteiger partial charge in [0.2, 0.25) is 11.8 Å². The summed E-state index contributed by atoms with van der Waals surface area (Å²) in [5.74, 6) is -3.26. The molecule has 3 unspecified atom stereocenters. The Labute approximate surface area is 231 Å². The first-order valence-corrected chi connectivity index (χ1v) is 13.0. The molecule has 0 bridgehead atoms. The van der Waals surface area contributed by atoms with Crippen molar-refractivity contribution in [3.05, 3.63) is 107 Å². The van der Waals surface area contributed by atoms with E-state index in [1.807, 2.05) is 38.1 Å². The number of fused-ring (bicyclic) bond motifs is 1. The molecule has 2 amide bonds. The van der Waals surface area contributed by atoms with Gasteiger partial charge in [0.15, 0.2) is 12.4 Å². The van der Waals surface area contributed by atoms with E-state index in [9.17, 15) is 24.0 Å². The van der Waals surface area contributed by atoms with E-state index in [1.165, 1.54) is 36.4 Å². The smallest absolute Gasteiger partial charge is 0.343 e. The van der Waals surface area contributed by atoms with Crippen LogP contribution in [0.15, 0.2) is 84.9 Å². The highest BCUT2D eigenvalue weighted by Gasteiger charge is 2.51. The van der Waals surface area contributed by atoms with Crippen molar-refractivity contribution in [3.63, 3.8) is 0 Å². The summed E-state index contributed by atoms with van der Waals surface area (Å²) in [6.07, 6.45) is 4.32. The topological polar surface area (TPSA) is 107 Å². The average Bonchev–Trinajstić information content (AvgIpc) is 3.22. The van der Waals surface area contributed by atoms with Crippen LogP contribution >= 0.6 is 0 Å². The number of benzene rings is 3. The molecule has 3 atom stereocenters. The monoisotopic (exact) mass is 537 g/mol. The van der Waals surface area contributed by atoms with Crippen LogP contribution in [-0.2, 0) is 14.3 Å². The zero-order valence-corrected chi connectivity index (χ0v) is 22.0. The first-order chi connectivity index (χ1) is 19.2. The summed E-state index contributed by atoms with van der Waals surface area (Å²) in [5, 5.41) is 0. The maximum Gasteiger partial charge on any atom is 0.343 e. The highest BCUT2D eigenvalue weighted by molar-refractivity contribution is 6.24. The van der Waals surface area contributed by atoms with Gasteiger partial charge in [0.25, 0.3) is 0 Å². The first-order valence-electron chi connectivity index (χ1n) is 13.0. The number of hydrogen-bond donors (Lipinski definition) is 0. The van der Waals surface area contributed by atoms with Gasteiger partial charge in [-0.15, -0.1) is 0 Å². The third-order valence-corrected chi connectivity index (χ3v) is 7.25. The molecule has 1 saturated heterocycles. The highest BCUT2D eigenvalue weighted by atomic mass is 16.5. The Hall–Kier alpha value is -4.85. The number of amides is 2. The van der Waals surface area contributed by atoms with E-state index in [2.05, 4.69) is 0 Å². The number of aryl methyl sites for hydroxylation is 1. The fourth-order valence-electron chi connectivity index (χ4n) is 5.08. The lowest BCUT2D eigenvalue weighted by Crippen LogP contribution is -2.33. The molecule has 0 radical (unpaired) electrons. The molecular formula is C32H27NO7. The Balaban J connectivity index is 1.23. The zero-order chi connectivity index (χ0) is 28.4. The summed E-state index contributed by atoms with van der Waals surface area (Å²) in [4.78, 5) is 65.4. The number of carbonyl (C=O) groups excluding carboxylic acids is 5. The van der Waals surface area contributed by atoms with Crippen LogP contribution in [0.2, 0.25) is 0 Å². The average molecular weight is 538 g/mol. The Morgan fingerprint density at radius 3 is 2.23 bits per heavy atom. The maximum absolute atomic E-state index is 13.2. The molecule has 2 aliphatic rings. The summed E-state index contributed by atoms with van der Waals surface area (Å²) < 4.78 is 10.6. The fourth-order valence-corrected chi connectivity index (χ4v) is 5.08. The van der Waals surface area contributed by atoms with Crippen LogP contribution in [0.5, 0.6) is 5.75 Å². The van der Waals surface area contributed by atoms with Crippen LogP contribution in [0, 0.1) is 24.7 Å². The zero-order valence-electron chi connectivity index (χ0n) is 22.0. The van der Waals surface area contributed by atoms with Gasteiger partial charge in [-0.25, -0.2) is 14.5 Å². The van der Waals surface area contributed by atoms with Gasteiger partial charge in [0.05, 0.1) is 28.7 Å². The van der Waals surface area contributed by atoms with Crippen LogP contribution in [0.3, 0.4) is 0 Å². The molecule has 1 aliphatic heterocycles. The Morgan fingerprint density at radius 2 is 1.52 bits per heavy atom. The molecule has 1 heterocycles. The molecule has 202 valence electrons. The lowest BCUT2D eigenvalue weighted by Gasteiger charge is -2.22. The number of ketones is 1. The van der Waals surface area contributed by atoms with Crippen molar-refractivity contribution in [1.82, 2.24) is 0 Å². The van der Waals surface area contributed by atoms with Gasteiger partial charge < -0.3 is 9.47 Å². The van der Waals surface area contributed by atoms with Gasteiger partial charge in [-0.3, -0.25) is 14.4 Å². The second-order valence-corrected chi connectivity index (χ2v) is 9.96. The number of imide groups is 1. The predicted molar refractivity (Wildman–Crippen MR) is 146 cm³/mol. The third kappa shape index (κ3) is 5.20. The fraction of sp³-hybridized carbons (Fsp3) is 0.219. The molecular weight excluding hydrogens is 510 g/mol. The van der Waals surface area contributed by atoms with Gasteiger partial charge >= 0.3 is 11.9 Å². The SMILES string of the molecule is Cc1ccc(C(=O)Oc2ccc(C(=O)COC(=O)c3ccccc3N3C(=O)C4CC=CC(C)C4C3=O)cc2)cc1. The molecule has 40 heavy (non-hydrogen) atoms. The van der Waals surface area contributed by atoms with Gasteiger partial charge in [0.1, 0.15) is 5.75 Å². The van der Waals surface area contributed by atoms with E-state index in [-0.39, 0.29) is 40.3 Å². The first kappa shape index (κ1) is 26.7. The largest absolute Gasteiger partial charge is 0.454 e. The number of anilines is 1. The molecule has 8 heteroatoms. The molecule has 0 saturated carbocycles. The highest BCUT2D eigenvalue weighted by Crippen LogP contribution is 2.41. The van der Waals surface area contributed by atoms with Crippen molar-refractivity contribution < 1.29 is 33.4 Å². The van der Waals surface area contributed by atoms with Gasteiger partial charge in [-0.05, 0) is 67.8 Å². The van der Waals surface area contributed by atoms with Crippen molar-refractivity contribution in [2.75, 3.05) is 11.5 Å². The van der Waals surface area contributed by atoms with E-state index >= 15 is 0 Å². The number of Topliss-reactive ketones (excluding diaryl/α,β-unsaturated/α-hetero) is 1. The molecule has 0 N–H and O–H groups in total. The van der Waals surface area contributed by atoms with Gasteiger partial charge in [-0.2, -0.15) is 0 Å². The van der Waals surface area contributed by atoms with Crippen molar-refractivity contribution in [1.29, 1.82) is 0 Å². The third-order valence-electron chi connectivity index (χ3n) is 7.25. The van der Waals surface area contributed by atoms with Crippen LogP contribution in [0.4, 0.5) is 5.69 Å². The van der Waals surface area contributed by atoms with Crippen LogP contribution < -0.4 is 9.64 Å². The van der Waals surface area contributed by atoms with Crippen LogP contribution in [0.1, 0.15) is 50.0 Å². The second kappa shape index (κ2) is 11.1. The molecule has 5 rings (SSSR count). The second-order valence-electron chi connectivity index (χ2n) is 9.96. The lowest BCUT2D eigenvalue weighted by molar-refractivity contribution is -0.122. The number of hydrogen-bond acceptors (Lipinski definition) is 7. The minimum atomic E-state index is -0.825. The maximum atomic E-state index is 13.2. The molecule has 1 aliphatic carbocycles. The summed E-state index contributed by atoms with van der Waals surface area (Å²) in [7, 11) is 0. The number of esters is 2. The van der Waals surface area contributed by atoms with E-state index in [1.54, 1.807) is 24.3 Å². The predicted octanol–water partition coefficient (Wildman–Crippen LogP) is 4.96. The minimum absolute atomic E-state index is 0.0228. The van der Waals surface area contributed by atoms with Crippen LogP contribution in [-0.4, -0.2) is 36.1 Å². The van der Waals surface area contributed by atoms with Gasteiger partial charge in [0, 0.05) is 5.56 Å². The Kier molecular flexibility index (Phi) is 7.42. The molecule has 0 spiro atoms. The van der Waals surface area contributed by atoms with E-state index in [0.717, 1.165) is 10.5 Å². The molecule has 0 aromatic heterocycles. The Morgan fingerprint density at radius 1 is 0.850 bits per heavy atom. The summed E-state index contributed by atoms with van der Waals surface area (Å²) >= 11 is 0. The minimum Gasteiger partial charge on any atom is -0.454 e. The number of carbonyl (C=O) groups is 5. The Bertz CT molecular complexity index is 1520. The number of allylic oxidation sites excluding steroid dienone is 2. The number of ether oxygens (including phenoxy) is 2. The number of rotatable bonds is 7. The summed E-state index contributed by atoms with van der Waals surface area (Å²) in [6.45, 7) is 3.26.